The average molecular weight is 301 g/mol. The van der Waals surface area contributed by atoms with Crippen LogP contribution in [-0.2, 0) is 0 Å². The molecular formula is C14H18ClFN2S. The number of hydrogen-bond donors (Lipinski definition) is 1. The van der Waals surface area contributed by atoms with E-state index in [9.17, 15) is 4.39 Å². The lowest BCUT2D eigenvalue weighted by atomic mass is 9.85. The number of thioether (sulfide) groups is 1. The normalized spacial score (nSPS) is 20.1. The lowest BCUT2D eigenvalue weighted by Gasteiger charge is -2.31. The van der Waals surface area contributed by atoms with Crippen molar-refractivity contribution in [3.8, 4) is 0 Å². The summed E-state index contributed by atoms with van der Waals surface area (Å²) in [5.74, 6) is 0.570. The van der Waals surface area contributed by atoms with E-state index in [4.69, 9.17) is 11.6 Å². The summed E-state index contributed by atoms with van der Waals surface area (Å²) >= 11 is 7.39. The van der Waals surface area contributed by atoms with Crippen LogP contribution in [0.3, 0.4) is 0 Å². The topological polar surface area (TPSA) is 24.4 Å². The van der Waals surface area contributed by atoms with Crippen molar-refractivity contribution in [1.29, 1.82) is 0 Å². The number of anilines is 1. The highest BCUT2D eigenvalue weighted by atomic mass is 35.5. The van der Waals surface area contributed by atoms with Crippen molar-refractivity contribution >= 4 is 34.2 Å². The number of benzene rings is 1. The predicted molar refractivity (Wildman–Crippen MR) is 82.8 cm³/mol. The van der Waals surface area contributed by atoms with Crippen molar-refractivity contribution in [3.63, 3.8) is 0 Å². The molecule has 1 aromatic rings. The molecule has 1 unspecified atom stereocenters. The van der Waals surface area contributed by atoms with Gasteiger partial charge in [-0.3, -0.25) is 4.99 Å². The molecular weight excluding hydrogens is 283 g/mol. The smallest absolute Gasteiger partial charge is 0.165 e. The van der Waals surface area contributed by atoms with Gasteiger partial charge in [-0.15, -0.1) is 0 Å². The molecule has 1 aliphatic rings. The van der Waals surface area contributed by atoms with Crippen LogP contribution in [0.4, 0.5) is 10.1 Å². The quantitative estimate of drug-likeness (QED) is 0.805. The minimum Gasteiger partial charge on any atom is -0.333 e. The molecule has 5 heteroatoms. The van der Waals surface area contributed by atoms with Crippen molar-refractivity contribution in [3.05, 3.63) is 29.0 Å². The van der Waals surface area contributed by atoms with Crippen LogP contribution in [0.5, 0.6) is 0 Å². The molecule has 1 aromatic carbocycles. The zero-order chi connectivity index (χ0) is 14.0. The second-order valence-electron chi connectivity index (χ2n) is 5.68. The summed E-state index contributed by atoms with van der Waals surface area (Å²) in [6.07, 6.45) is 1.05. The van der Waals surface area contributed by atoms with Crippen molar-refractivity contribution in [1.82, 2.24) is 0 Å². The average Bonchev–Trinajstić information content (AvgIpc) is 2.34. The third kappa shape index (κ3) is 3.63. The van der Waals surface area contributed by atoms with Crippen LogP contribution in [0.15, 0.2) is 23.2 Å². The van der Waals surface area contributed by atoms with E-state index in [1.54, 1.807) is 23.9 Å². The number of rotatable bonds is 1. The zero-order valence-corrected chi connectivity index (χ0v) is 12.9. The number of amidine groups is 1. The van der Waals surface area contributed by atoms with Gasteiger partial charge >= 0.3 is 0 Å². The minimum atomic E-state index is -0.426. The van der Waals surface area contributed by atoms with Gasteiger partial charge in [0.2, 0.25) is 0 Å². The maximum Gasteiger partial charge on any atom is 0.165 e. The highest BCUT2D eigenvalue weighted by Crippen LogP contribution is 2.31. The number of aliphatic imine (C=N–C) groups is 1. The summed E-state index contributed by atoms with van der Waals surface area (Å²) in [6.45, 7) is 6.53. The Morgan fingerprint density at radius 3 is 2.84 bits per heavy atom. The number of nitrogens with one attached hydrogen (secondary N) is 1. The molecule has 0 spiro atoms. The van der Waals surface area contributed by atoms with Crippen LogP contribution in [0.2, 0.25) is 5.02 Å². The Balaban J connectivity index is 2.19. The van der Waals surface area contributed by atoms with Crippen LogP contribution >= 0.6 is 23.4 Å². The van der Waals surface area contributed by atoms with Crippen LogP contribution < -0.4 is 5.32 Å². The molecule has 104 valence electrons. The van der Waals surface area contributed by atoms with Gasteiger partial charge in [0.15, 0.2) is 11.0 Å². The van der Waals surface area contributed by atoms with Gasteiger partial charge in [-0.2, -0.15) is 0 Å². The highest BCUT2D eigenvalue weighted by Gasteiger charge is 2.27. The second kappa shape index (κ2) is 5.71. The fourth-order valence-corrected chi connectivity index (χ4v) is 3.01. The van der Waals surface area contributed by atoms with Gasteiger partial charge < -0.3 is 5.32 Å². The summed E-state index contributed by atoms with van der Waals surface area (Å²) in [7, 11) is 0. The molecule has 2 nitrogen and oxygen atoms in total. The molecule has 0 aromatic heterocycles. The molecule has 0 amide bonds. The number of nitrogens with zero attached hydrogens (tertiary/aromatic N) is 1. The van der Waals surface area contributed by atoms with Crippen molar-refractivity contribution in [2.45, 2.75) is 33.2 Å². The Labute approximate surface area is 122 Å². The molecule has 2 rings (SSSR count). The lowest BCUT2D eigenvalue weighted by Crippen LogP contribution is -2.30. The molecule has 0 aliphatic carbocycles. The fraction of sp³-hybridized carbons (Fsp3) is 0.500. The van der Waals surface area contributed by atoms with Crippen molar-refractivity contribution in [2.24, 2.45) is 10.4 Å². The molecule has 0 saturated carbocycles. The summed E-state index contributed by atoms with van der Waals surface area (Å²) in [6, 6.07) is 5.20. The van der Waals surface area contributed by atoms with Crippen LogP contribution in [0.1, 0.15) is 27.2 Å². The standard InChI is InChI=1S/C14H18ClFN2S/c1-14(2,3)11-7-8-19-13(18-11)17-10-6-4-5-9(15)12(10)16/h4-6,11H,7-8H2,1-3H3,(H,17,18). The van der Waals surface area contributed by atoms with E-state index in [0.29, 0.717) is 5.69 Å². The van der Waals surface area contributed by atoms with E-state index in [1.165, 1.54) is 6.07 Å². The van der Waals surface area contributed by atoms with E-state index in [0.717, 1.165) is 17.3 Å². The molecule has 0 fully saturated rings. The highest BCUT2D eigenvalue weighted by molar-refractivity contribution is 8.14. The Hall–Kier alpha value is -0.740. The molecule has 19 heavy (non-hydrogen) atoms. The maximum absolute atomic E-state index is 13.8. The Kier molecular flexibility index (Phi) is 4.41. The van der Waals surface area contributed by atoms with E-state index in [-0.39, 0.29) is 16.5 Å². The number of hydrogen-bond acceptors (Lipinski definition) is 3. The first-order chi connectivity index (χ1) is 8.88. The second-order valence-corrected chi connectivity index (χ2v) is 7.17. The first-order valence-electron chi connectivity index (χ1n) is 6.29. The first kappa shape index (κ1) is 14.7. The van der Waals surface area contributed by atoms with Gasteiger partial charge in [-0.05, 0) is 24.0 Å². The third-order valence-corrected chi connectivity index (χ3v) is 4.31. The zero-order valence-electron chi connectivity index (χ0n) is 11.3. The lowest BCUT2D eigenvalue weighted by molar-refractivity contribution is 0.316. The van der Waals surface area contributed by atoms with Gasteiger partial charge in [0.25, 0.3) is 0 Å². The summed E-state index contributed by atoms with van der Waals surface area (Å²) < 4.78 is 13.8. The summed E-state index contributed by atoms with van der Waals surface area (Å²) in [5, 5.41) is 3.94. The molecule has 1 N–H and O–H groups in total. The Morgan fingerprint density at radius 1 is 1.42 bits per heavy atom. The Bertz CT molecular complexity index is 497. The maximum atomic E-state index is 13.8. The molecule has 0 saturated heterocycles. The van der Waals surface area contributed by atoms with Gasteiger partial charge in [0.05, 0.1) is 16.8 Å². The van der Waals surface area contributed by atoms with E-state index < -0.39 is 5.82 Å². The Morgan fingerprint density at radius 2 is 2.16 bits per heavy atom. The van der Waals surface area contributed by atoms with Crippen molar-refractivity contribution < 1.29 is 4.39 Å². The van der Waals surface area contributed by atoms with Gasteiger partial charge in [-0.1, -0.05) is 50.2 Å². The molecule has 1 aliphatic heterocycles. The monoisotopic (exact) mass is 300 g/mol. The van der Waals surface area contributed by atoms with Crippen molar-refractivity contribution in [2.75, 3.05) is 11.1 Å². The minimum absolute atomic E-state index is 0.124. The largest absolute Gasteiger partial charge is 0.333 e. The van der Waals surface area contributed by atoms with Gasteiger partial charge in [0.1, 0.15) is 0 Å². The van der Waals surface area contributed by atoms with Gasteiger partial charge in [-0.25, -0.2) is 4.39 Å². The van der Waals surface area contributed by atoms with Crippen LogP contribution in [-0.4, -0.2) is 17.0 Å². The third-order valence-electron chi connectivity index (χ3n) is 3.10. The molecule has 1 atom stereocenters. The molecule has 1 heterocycles. The SMILES string of the molecule is CC(C)(C)C1CCSC(Nc2cccc(Cl)c2F)=N1. The molecule has 0 bridgehead atoms. The van der Waals surface area contributed by atoms with Crippen LogP contribution in [0, 0.1) is 11.2 Å². The molecule has 0 radical (unpaired) electrons. The predicted octanol–water partition coefficient (Wildman–Crippen LogP) is 4.80. The van der Waals surface area contributed by atoms with Crippen LogP contribution in [0.25, 0.3) is 0 Å². The fourth-order valence-electron chi connectivity index (χ4n) is 1.92. The summed E-state index contributed by atoms with van der Waals surface area (Å²) in [4.78, 5) is 4.68. The summed E-state index contributed by atoms with van der Waals surface area (Å²) in [5.41, 5.74) is 0.508. The van der Waals surface area contributed by atoms with E-state index in [1.807, 2.05) is 0 Å². The number of halogens is 2. The first-order valence-corrected chi connectivity index (χ1v) is 7.66. The van der Waals surface area contributed by atoms with E-state index in [2.05, 4.69) is 31.1 Å². The van der Waals surface area contributed by atoms with E-state index >= 15 is 0 Å². The van der Waals surface area contributed by atoms with Gasteiger partial charge in [0, 0.05) is 5.75 Å².